The third kappa shape index (κ3) is 3.21. The fourth-order valence-corrected chi connectivity index (χ4v) is 2.08. The second kappa shape index (κ2) is 5.67. The summed E-state index contributed by atoms with van der Waals surface area (Å²) in [5.74, 6) is 0. The Morgan fingerprint density at radius 2 is 2.31 bits per heavy atom. The molecule has 2 rings (SSSR count). The Morgan fingerprint density at radius 1 is 1.44 bits per heavy atom. The van der Waals surface area contributed by atoms with Gasteiger partial charge in [0.2, 0.25) is 0 Å². The van der Waals surface area contributed by atoms with Gasteiger partial charge in [-0.05, 0) is 43.9 Å². The van der Waals surface area contributed by atoms with Crippen molar-refractivity contribution in [3.05, 3.63) is 34.9 Å². The van der Waals surface area contributed by atoms with Gasteiger partial charge in [-0.2, -0.15) is 0 Å². The highest BCUT2D eigenvalue weighted by Gasteiger charge is 2.18. The highest BCUT2D eigenvalue weighted by Crippen LogP contribution is 2.25. The van der Waals surface area contributed by atoms with Crippen LogP contribution in [0, 0.1) is 0 Å². The Bertz CT molecular complexity index is 334. The molecule has 1 aliphatic heterocycles. The first kappa shape index (κ1) is 11.9. The van der Waals surface area contributed by atoms with Crippen LogP contribution in [-0.2, 0) is 9.47 Å². The molecule has 0 spiro atoms. The lowest BCUT2D eigenvalue weighted by atomic mass is 10.1. The molecule has 1 unspecified atom stereocenters. The molecule has 88 valence electrons. The van der Waals surface area contributed by atoms with Crippen molar-refractivity contribution in [1.29, 1.82) is 0 Å². The van der Waals surface area contributed by atoms with Crippen molar-refractivity contribution in [2.75, 3.05) is 6.61 Å². The Hall–Kier alpha value is -0.570. The van der Waals surface area contributed by atoms with Gasteiger partial charge in [-0.15, -0.1) is 0 Å². The molecule has 0 aromatic heterocycles. The quantitative estimate of drug-likeness (QED) is 0.797. The molecule has 0 aliphatic carbocycles. The van der Waals surface area contributed by atoms with Crippen LogP contribution in [0.1, 0.15) is 37.9 Å². The summed E-state index contributed by atoms with van der Waals surface area (Å²) in [5.41, 5.74) is 1.10. The molecule has 0 radical (unpaired) electrons. The maximum Gasteiger partial charge on any atom is 0.158 e. The van der Waals surface area contributed by atoms with Crippen molar-refractivity contribution >= 4 is 11.6 Å². The van der Waals surface area contributed by atoms with E-state index < -0.39 is 0 Å². The zero-order chi connectivity index (χ0) is 11.4. The molecule has 1 aromatic rings. The first-order valence-electron chi connectivity index (χ1n) is 5.78. The van der Waals surface area contributed by atoms with E-state index in [4.69, 9.17) is 21.1 Å². The number of hydrogen-bond acceptors (Lipinski definition) is 2. The number of rotatable bonds is 3. The largest absolute Gasteiger partial charge is 0.353 e. The highest BCUT2D eigenvalue weighted by atomic mass is 35.5. The molecule has 1 fully saturated rings. The molecule has 0 amide bonds. The van der Waals surface area contributed by atoms with E-state index in [0.29, 0.717) is 0 Å². The summed E-state index contributed by atoms with van der Waals surface area (Å²) >= 11 is 5.94. The summed E-state index contributed by atoms with van der Waals surface area (Å²) in [6.45, 7) is 2.84. The molecule has 2 atom stereocenters. The fourth-order valence-electron chi connectivity index (χ4n) is 1.88. The van der Waals surface area contributed by atoms with Crippen LogP contribution in [0.3, 0.4) is 0 Å². The maximum atomic E-state index is 5.94. The summed E-state index contributed by atoms with van der Waals surface area (Å²) in [6, 6.07) is 7.78. The Kier molecular flexibility index (Phi) is 4.22. The Labute approximate surface area is 102 Å². The third-order valence-electron chi connectivity index (χ3n) is 2.81. The third-order valence-corrected chi connectivity index (χ3v) is 3.05. The van der Waals surface area contributed by atoms with Gasteiger partial charge in [-0.1, -0.05) is 23.7 Å². The van der Waals surface area contributed by atoms with Crippen molar-refractivity contribution in [2.45, 2.75) is 38.6 Å². The molecule has 1 aromatic carbocycles. The number of halogens is 1. The minimum absolute atomic E-state index is 0.0294. The van der Waals surface area contributed by atoms with Gasteiger partial charge < -0.3 is 9.47 Å². The molecule has 3 heteroatoms. The summed E-state index contributed by atoms with van der Waals surface area (Å²) in [6.07, 6.45) is 3.30. The molecule has 1 heterocycles. The lowest BCUT2D eigenvalue weighted by molar-refractivity contribution is -0.186. The summed E-state index contributed by atoms with van der Waals surface area (Å²) in [7, 11) is 0. The first-order chi connectivity index (χ1) is 7.75. The predicted octanol–water partition coefficient (Wildman–Crippen LogP) is 3.94. The SMILES string of the molecule is CC(O[C@@H]1CCCCO1)c1cccc(Cl)c1. The molecule has 0 saturated carbocycles. The van der Waals surface area contributed by atoms with Crippen molar-refractivity contribution in [1.82, 2.24) is 0 Å². The van der Waals surface area contributed by atoms with E-state index in [9.17, 15) is 0 Å². The van der Waals surface area contributed by atoms with Crippen molar-refractivity contribution in [3.8, 4) is 0 Å². The number of ether oxygens (including phenoxy) is 2. The zero-order valence-electron chi connectivity index (χ0n) is 9.49. The van der Waals surface area contributed by atoms with E-state index in [2.05, 4.69) is 0 Å². The van der Waals surface area contributed by atoms with E-state index in [1.807, 2.05) is 31.2 Å². The lowest BCUT2D eigenvalue weighted by Gasteiger charge is -2.26. The van der Waals surface area contributed by atoms with Gasteiger partial charge in [0, 0.05) is 11.6 Å². The molecule has 0 bridgehead atoms. The molecule has 1 saturated heterocycles. The van der Waals surface area contributed by atoms with Crippen LogP contribution in [0.15, 0.2) is 24.3 Å². The Balaban J connectivity index is 1.94. The minimum Gasteiger partial charge on any atom is -0.353 e. The Morgan fingerprint density at radius 3 is 3.00 bits per heavy atom. The van der Waals surface area contributed by atoms with Gasteiger partial charge in [0.15, 0.2) is 6.29 Å². The van der Waals surface area contributed by atoms with E-state index >= 15 is 0 Å². The molecule has 1 aliphatic rings. The van der Waals surface area contributed by atoms with Crippen LogP contribution in [0.2, 0.25) is 5.02 Å². The van der Waals surface area contributed by atoms with Gasteiger partial charge in [-0.3, -0.25) is 0 Å². The lowest BCUT2D eigenvalue weighted by Crippen LogP contribution is -2.23. The van der Waals surface area contributed by atoms with E-state index in [0.717, 1.165) is 30.0 Å². The van der Waals surface area contributed by atoms with Gasteiger partial charge in [0.25, 0.3) is 0 Å². The van der Waals surface area contributed by atoms with Crippen molar-refractivity contribution in [2.24, 2.45) is 0 Å². The van der Waals surface area contributed by atoms with Crippen molar-refractivity contribution < 1.29 is 9.47 Å². The van der Waals surface area contributed by atoms with E-state index in [1.165, 1.54) is 6.42 Å². The molecule has 2 nitrogen and oxygen atoms in total. The van der Waals surface area contributed by atoms with Crippen LogP contribution >= 0.6 is 11.6 Å². The maximum absolute atomic E-state index is 5.94. The minimum atomic E-state index is -0.0530. The normalized spacial score (nSPS) is 23.0. The zero-order valence-corrected chi connectivity index (χ0v) is 10.2. The second-order valence-corrected chi connectivity index (χ2v) is 4.57. The highest BCUT2D eigenvalue weighted by molar-refractivity contribution is 6.30. The first-order valence-corrected chi connectivity index (χ1v) is 6.16. The summed E-state index contributed by atoms with van der Waals surface area (Å²) in [4.78, 5) is 0. The van der Waals surface area contributed by atoms with E-state index in [-0.39, 0.29) is 12.4 Å². The molecular formula is C13H17ClO2. The van der Waals surface area contributed by atoms with Crippen LogP contribution in [0.5, 0.6) is 0 Å². The van der Waals surface area contributed by atoms with Crippen LogP contribution in [0.25, 0.3) is 0 Å². The number of benzene rings is 1. The smallest absolute Gasteiger partial charge is 0.158 e. The van der Waals surface area contributed by atoms with Gasteiger partial charge in [0.1, 0.15) is 0 Å². The summed E-state index contributed by atoms with van der Waals surface area (Å²) < 4.78 is 11.4. The molecular weight excluding hydrogens is 224 g/mol. The standard InChI is InChI=1S/C13H17ClO2/c1-10(11-5-4-6-12(14)9-11)16-13-7-2-3-8-15-13/h4-6,9-10,13H,2-3,7-8H2,1H3/t10?,13-/m1/s1. The monoisotopic (exact) mass is 240 g/mol. The van der Waals surface area contributed by atoms with Crippen LogP contribution < -0.4 is 0 Å². The molecule has 0 N–H and O–H groups in total. The van der Waals surface area contributed by atoms with Crippen molar-refractivity contribution in [3.63, 3.8) is 0 Å². The van der Waals surface area contributed by atoms with Crippen LogP contribution in [-0.4, -0.2) is 12.9 Å². The van der Waals surface area contributed by atoms with Gasteiger partial charge >= 0.3 is 0 Å². The average Bonchev–Trinajstić information content (AvgIpc) is 2.30. The van der Waals surface area contributed by atoms with Crippen LogP contribution in [0.4, 0.5) is 0 Å². The van der Waals surface area contributed by atoms with E-state index in [1.54, 1.807) is 0 Å². The van der Waals surface area contributed by atoms with Gasteiger partial charge in [0.05, 0.1) is 6.10 Å². The van der Waals surface area contributed by atoms with Gasteiger partial charge in [-0.25, -0.2) is 0 Å². The summed E-state index contributed by atoms with van der Waals surface area (Å²) in [5, 5.41) is 0.748. The molecule has 16 heavy (non-hydrogen) atoms. The fraction of sp³-hybridized carbons (Fsp3) is 0.538. The predicted molar refractivity (Wildman–Crippen MR) is 64.5 cm³/mol. The topological polar surface area (TPSA) is 18.5 Å². The average molecular weight is 241 g/mol. The second-order valence-electron chi connectivity index (χ2n) is 4.13. The number of hydrogen-bond donors (Lipinski definition) is 0.